The molecule has 1 saturated heterocycles. The van der Waals surface area contributed by atoms with Crippen molar-refractivity contribution < 1.29 is 14.4 Å². The van der Waals surface area contributed by atoms with Crippen molar-refractivity contribution in [1.29, 1.82) is 0 Å². The molecule has 2 aliphatic carbocycles. The maximum absolute atomic E-state index is 12.5. The predicted octanol–water partition coefficient (Wildman–Crippen LogP) is 1.69. The van der Waals surface area contributed by atoms with Gasteiger partial charge >= 0.3 is 6.03 Å². The van der Waals surface area contributed by atoms with Crippen molar-refractivity contribution in [2.45, 2.75) is 75.8 Å². The molecular formula is C16H25N3O3. The molecule has 122 valence electrons. The number of hydrogen-bond donors (Lipinski definition) is 2. The van der Waals surface area contributed by atoms with Crippen LogP contribution in [0.25, 0.3) is 0 Å². The number of carbonyl (C=O) groups is 3. The third-order valence-electron chi connectivity index (χ3n) is 5.23. The van der Waals surface area contributed by atoms with E-state index in [9.17, 15) is 14.4 Å². The monoisotopic (exact) mass is 307 g/mol. The molecule has 3 fully saturated rings. The molecule has 3 rings (SSSR count). The predicted molar refractivity (Wildman–Crippen MR) is 81.1 cm³/mol. The average molecular weight is 307 g/mol. The van der Waals surface area contributed by atoms with Gasteiger partial charge < -0.3 is 10.6 Å². The molecule has 0 aromatic carbocycles. The quantitative estimate of drug-likeness (QED) is 0.615. The van der Waals surface area contributed by atoms with Gasteiger partial charge in [0.15, 0.2) is 0 Å². The average Bonchev–Trinajstić information content (AvgIpc) is 2.92. The topological polar surface area (TPSA) is 78.5 Å². The third-order valence-corrected chi connectivity index (χ3v) is 5.23. The zero-order valence-electron chi connectivity index (χ0n) is 13.0. The number of rotatable bonds is 3. The Labute approximate surface area is 131 Å². The van der Waals surface area contributed by atoms with Gasteiger partial charge in [-0.1, -0.05) is 38.5 Å². The maximum atomic E-state index is 12.5. The van der Waals surface area contributed by atoms with Gasteiger partial charge in [0.25, 0.3) is 5.91 Å². The third kappa shape index (κ3) is 2.96. The summed E-state index contributed by atoms with van der Waals surface area (Å²) in [6, 6.07) is -0.223. The Morgan fingerprint density at radius 3 is 2.36 bits per heavy atom. The standard InChI is InChI=1S/C16H25N3O3/c20-13(17-12-7-3-1-2-4-8-12)11-19-14(21)16(18-15(19)22)9-5-6-10-16/h12H,1-11H2,(H,17,20)(H,18,22). The van der Waals surface area contributed by atoms with E-state index < -0.39 is 11.6 Å². The van der Waals surface area contributed by atoms with E-state index in [0.717, 1.165) is 43.4 Å². The lowest BCUT2D eigenvalue weighted by Gasteiger charge is -2.21. The fraction of sp³-hybridized carbons (Fsp3) is 0.812. The highest BCUT2D eigenvalue weighted by molar-refractivity contribution is 6.09. The van der Waals surface area contributed by atoms with E-state index in [-0.39, 0.29) is 24.4 Å². The van der Waals surface area contributed by atoms with Crippen LogP contribution < -0.4 is 10.6 Å². The molecule has 2 saturated carbocycles. The fourth-order valence-corrected chi connectivity index (χ4v) is 3.98. The second kappa shape index (κ2) is 6.26. The van der Waals surface area contributed by atoms with Gasteiger partial charge in [0.2, 0.25) is 5.91 Å². The molecule has 22 heavy (non-hydrogen) atoms. The van der Waals surface area contributed by atoms with E-state index >= 15 is 0 Å². The zero-order chi connectivity index (χ0) is 15.6. The number of urea groups is 1. The van der Waals surface area contributed by atoms with E-state index in [4.69, 9.17) is 0 Å². The smallest absolute Gasteiger partial charge is 0.325 e. The summed E-state index contributed by atoms with van der Waals surface area (Å²) in [7, 11) is 0. The lowest BCUT2D eigenvalue weighted by atomic mass is 9.98. The Morgan fingerprint density at radius 2 is 1.73 bits per heavy atom. The minimum atomic E-state index is -0.723. The van der Waals surface area contributed by atoms with E-state index in [1.54, 1.807) is 0 Å². The normalized spacial score (nSPS) is 25.4. The van der Waals surface area contributed by atoms with E-state index in [1.165, 1.54) is 12.8 Å². The highest BCUT2D eigenvalue weighted by atomic mass is 16.2. The van der Waals surface area contributed by atoms with Crippen LogP contribution >= 0.6 is 0 Å². The fourth-order valence-electron chi connectivity index (χ4n) is 3.98. The largest absolute Gasteiger partial charge is 0.352 e. The second-order valence-corrected chi connectivity index (χ2v) is 6.87. The van der Waals surface area contributed by atoms with Crippen LogP contribution in [0.4, 0.5) is 4.79 Å². The van der Waals surface area contributed by atoms with Crippen molar-refractivity contribution in [3.05, 3.63) is 0 Å². The summed E-state index contributed by atoms with van der Waals surface area (Å²) in [5, 5.41) is 5.80. The maximum Gasteiger partial charge on any atom is 0.325 e. The summed E-state index contributed by atoms with van der Waals surface area (Å²) in [5.74, 6) is -0.434. The van der Waals surface area contributed by atoms with Gasteiger partial charge in [0, 0.05) is 6.04 Å². The Morgan fingerprint density at radius 1 is 1.09 bits per heavy atom. The SMILES string of the molecule is O=C(CN1C(=O)NC2(CCCC2)C1=O)NC1CCCCCC1. The zero-order valence-corrected chi connectivity index (χ0v) is 13.0. The molecule has 6 heteroatoms. The molecule has 0 unspecified atom stereocenters. The van der Waals surface area contributed by atoms with Crippen molar-refractivity contribution in [1.82, 2.24) is 15.5 Å². The first kappa shape index (κ1) is 15.3. The van der Waals surface area contributed by atoms with E-state index in [0.29, 0.717) is 12.8 Å². The van der Waals surface area contributed by atoms with Gasteiger partial charge in [-0.3, -0.25) is 14.5 Å². The summed E-state index contributed by atoms with van der Waals surface area (Å²) in [6.45, 7) is -0.150. The van der Waals surface area contributed by atoms with Crippen LogP contribution in [0.2, 0.25) is 0 Å². The van der Waals surface area contributed by atoms with Crippen LogP contribution in [0.3, 0.4) is 0 Å². The molecule has 2 N–H and O–H groups in total. The van der Waals surface area contributed by atoms with Crippen LogP contribution in [-0.4, -0.2) is 40.9 Å². The highest BCUT2D eigenvalue weighted by Crippen LogP contribution is 2.34. The van der Waals surface area contributed by atoms with Crippen LogP contribution in [-0.2, 0) is 9.59 Å². The molecule has 1 aliphatic heterocycles. The van der Waals surface area contributed by atoms with Crippen molar-refractivity contribution in [2.75, 3.05) is 6.54 Å². The first-order valence-electron chi connectivity index (χ1n) is 8.54. The molecule has 1 heterocycles. The Balaban J connectivity index is 1.56. The molecule has 0 atom stereocenters. The number of amides is 4. The molecule has 1 spiro atoms. The molecule has 4 amide bonds. The summed E-state index contributed by atoms with van der Waals surface area (Å²) < 4.78 is 0. The van der Waals surface area contributed by atoms with Gasteiger partial charge in [-0.15, -0.1) is 0 Å². The van der Waals surface area contributed by atoms with Crippen molar-refractivity contribution in [3.8, 4) is 0 Å². The van der Waals surface area contributed by atoms with Crippen LogP contribution in [0.15, 0.2) is 0 Å². The lowest BCUT2D eigenvalue weighted by Crippen LogP contribution is -2.46. The Bertz CT molecular complexity index is 463. The van der Waals surface area contributed by atoms with Gasteiger partial charge in [-0.2, -0.15) is 0 Å². The number of hydrogen-bond acceptors (Lipinski definition) is 3. The van der Waals surface area contributed by atoms with Crippen LogP contribution in [0.1, 0.15) is 64.2 Å². The number of carbonyl (C=O) groups excluding carboxylic acids is 3. The van der Waals surface area contributed by atoms with Crippen molar-refractivity contribution in [2.24, 2.45) is 0 Å². The molecule has 0 radical (unpaired) electrons. The van der Waals surface area contributed by atoms with Crippen molar-refractivity contribution in [3.63, 3.8) is 0 Å². The number of imide groups is 1. The van der Waals surface area contributed by atoms with E-state index in [1.807, 2.05) is 0 Å². The summed E-state index contributed by atoms with van der Waals surface area (Å²) >= 11 is 0. The van der Waals surface area contributed by atoms with Gasteiger partial charge in [0.05, 0.1) is 0 Å². The lowest BCUT2D eigenvalue weighted by molar-refractivity contribution is -0.135. The summed E-state index contributed by atoms with van der Waals surface area (Å²) in [5.41, 5.74) is -0.723. The Kier molecular flexibility index (Phi) is 4.36. The number of nitrogens with one attached hydrogen (secondary N) is 2. The van der Waals surface area contributed by atoms with Gasteiger partial charge in [-0.05, 0) is 25.7 Å². The van der Waals surface area contributed by atoms with E-state index in [2.05, 4.69) is 10.6 Å². The van der Waals surface area contributed by atoms with Crippen molar-refractivity contribution >= 4 is 17.8 Å². The molecule has 0 aromatic rings. The van der Waals surface area contributed by atoms with Crippen LogP contribution in [0.5, 0.6) is 0 Å². The Hall–Kier alpha value is -1.59. The van der Waals surface area contributed by atoms with Gasteiger partial charge in [-0.25, -0.2) is 4.79 Å². The first-order valence-corrected chi connectivity index (χ1v) is 8.54. The summed E-state index contributed by atoms with van der Waals surface area (Å²) in [4.78, 5) is 37.8. The molecule has 0 aromatic heterocycles. The second-order valence-electron chi connectivity index (χ2n) is 6.87. The minimum Gasteiger partial charge on any atom is -0.352 e. The molecule has 0 bridgehead atoms. The highest BCUT2D eigenvalue weighted by Gasteiger charge is 2.52. The molecule has 6 nitrogen and oxygen atoms in total. The van der Waals surface area contributed by atoms with Crippen LogP contribution in [0, 0.1) is 0 Å². The van der Waals surface area contributed by atoms with Gasteiger partial charge in [0.1, 0.15) is 12.1 Å². The number of nitrogens with zero attached hydrogens (tertiary/aromatic N) is 1. The molecular weight excluding hydrogens is 282 g/mol. The first-order chi connectivity index (χ1) is 10.6. The molecule has 3 aliphatic rings. The minimum absolute atomic E-state index is 0.150. The summed E-state index contributed by atoms with van der Waals surface area (Å²) in [6.07, 6.45) is 10.0.